The van der Waals surface area contributed by atoms with E-state index in [1.807, 2.05) is 13.8 Å². The van der Waals surface area contributed by atoms with E-state index in [2.05, 4.69) is 5.32 Å². The van der Waals surface area contributed by atoms with Crippen molar-refractivity contribution in [1.29, 1.82) is 0 Å². The third-order valence-electron chi connectivity index (χ3n) is 2.81. The van der Waals surface area contributed by atoms with Gasteiger partial charge in [0, 0.05) is 11.9 Å². The number of aromatic hydroxyl groups is 1. The summed E-state index contributed by atoms with van der Waals surface area (Å²) in [6.45, 7) is 4.54. The maximum Gasteiger partial charge on any atom is 0.118 e. The third kappa shape index (κ3) is 4.19. The van der Waals surface area contributed by atoms with Gasteiger partial charge in [0.2, 0.25) is 0 Å². The zero-order chi connectivity index (χ0) is 12.8. The molecule has 1 rings (SSSR count). The third-order valence-corrected chi connectivity index (χ3v) is 3.08. The number of halogens is 1. The van der Waals surface area contributed by atoms with Gasteiger partial charge in [0.25, 0.3) is 0 Å². The number of phenolic OH excluding ortho intramolecular Hbond substituents is 1. The van der Waals surface area contributed by atoms with Gasteiger partial charge in [-0.15, -0.1) is 11.6 Å². The van der Waals surface area contributed by atoms with Crippen LogP contribution in [-0.4, -0.2) is 28.7 Å². The smallest absolute Gasteiger partial charge is 0.118 e. The van der Waals surface area contributed by atoms with E-state index < -0.39 is 6.10 Å². The Hall–Kier alpha value is -0.770. The lowest BCUT2D eigenvalue weighted by Gasteiger charge is -2.21. The van der Waals surface area contributed by atoms with Crippen molar-refractivity contribution in [2.75, 3.05) is 12.4 Å². The molecule has 0 heterocycles. The zero-order valence-corrected chi connectivity index (χ0v) is 11.0. The van der Waals surface area contributed by atoms with Crippen LogP contribution >= 0.6 is 11.6 Å². The topological polar surface area (TPSA) is 52.5 Å². The molecule has 17 heavy (non-hydrogen) atoms. The predicted octanol–water partition coefficient (Wildman–Crippen LogP) is 2.34. The molecular formula is C13H20ClNO2. The van der Waals surface area contributed by atoms with Crippen molar-refractivity contribution < 1.29 is 10.2 Å². The Morgan fingerprint density at radius 1 is 1.41 bits per heavy atom. The highest BCUT2D eigenvalue weighted by atomic mass is 35.5. The van der Waals surface area contributed by atoms with Gasteiger partial charge in [-0.1, -0.05) is 6.07 Å². The highest BCUT2D eigenvalue weighted by Gasteiger charge is 2.16. The molecule has 0 aliphatic carbocycles. The fourth-order valence-corrected chi connectivity index (χ4v) is 1.79. The minimum absolute atomic E-state index is 0.0397. The van der Waals surface area contributed by atoms with Crippen molar-refractivity contribution in [2.45, 2.75) is 32.4 Å². The van der Waals surface area contributed by atoms with E-state index in [-0.39, 0.29) is 11.8 Å². The largest absolute Gasteiger partial charge is 0.508 e. The molecule has 0 bridgehead atoms. The van der Waals surface area contributed by atoms with Crippen molar-refractivity contribution >= 4 is 11.6 Å². The Morgan fingerprint density at radius 3 is 2.71 bits per heavy atom. The summed E-state index contributed by atoms with van der Waals surface area (Å²) in [7, 11) is 0. The minimum atomic E-state index is -0.579. The molecule has 0 aliphatic heterocycles. The molecule has 0 aliphatic rings. The van der Waals surface area contributed by atoms with Gasteiger partial charge < -0.3 is 15.5 Å². The number of alkyl halides is 1. The van der Waals surface area contributed by atoms with Crippen LogP contribution < -0.4 is 5.32 Å². The van der Waals surface area contributed by atoms with Crippen molar-refractivity contribution in [2.24, 2.45) is 0 Å². The normalized spacial score (nSPS) is 14.6. The Balaban J connectivity index is 2.61. The molecule has 4 heteroatoms. The molecule has 0 fully saturated rings. The average Bonchev–Trinajstić information content (AvgIpc) is 2.32. The van der Waals surface area contributed by atoms with Crippen molar-refractivity contribution in [3.05, 3.63) is 29.3 Å². The second kappa shape index (κ2) is 6.84. The molecule has 0 radical (unpaired) electrons. The van der Waals surface area contributed by atoms with Gasteiger partial charge in [0.05, 0.1) is 6.10 Å². The highest BCUT2D eigenvalue weighted by Crippen LogP contribution is 2.23. The van der Waals surface area contributed by atoms with E-state index in [1.165, 1.54) is 0 Å². The molecule has 0 saturated carbocycles. The monoisotopic (exact) mass is 257 g/mol. The van der Waals surface area contributed by atoms with Crippen molar-refractivity contribution in [3.63, 3.8) is 0 Å². The number of aryl methyl sites for hydroxylation is 1. The molecule has 96 valence electrons. The number of aliphatic hydroxyl groups is 1. The summed E-state index contributed by atoms with van der Waals surface area (Å²) >= 11 is 5.59. The maximum absolute atomic E-state index is 10.1. The maximum atomic E-state index is 10.1. The van der Waals surface area contributed by atoms with Gasteiger partial charge >= 0.3 is 0 Å². The van der Waals surface area contributed by atoms with Crippen LogP contribution in [0.3, 0.4) is 0 Å². The summed E-state index contributed by atoms with van der Waals surface area (Å²) in [5, 5.41) is 22.8. The summed E-state index contributed by atoms with van der Waals surface area (Å²) in [6, 6.07) is 5.12. The Bertz CT molecular complexity index is 357. The lowest BCUT2D eigenvalue weighted by atomic mass is 10.0. The Kier molecular flexibility index (Phi) is 5.75. The molecule has 0 saturated heterocycles. The van der Waals surface area contributed by atoms with E-state index >= 15 is 0 Å². The van der Waals surface area contributed by atoms with Gasteiger partial charge in [0.15, 0.2) is 0 Å². The van der Waals surface area contributed by atoms with Crippen LogP contribution in [0.25, 0.3) is 0 Å². The van der Waals surface area contributed by atoms with Crippen LogP contribution in [0.1, 0.15) is 30.6 Å². The van der Waals surface area contributed by atoms with Crippen LogP contribution in [0.4, 0.5) is 0 Å². The number of aliphatic hydroxyl groups excluding tert-OH is 1. The van der Waals surface area contributed by atoms with Gasteiger partial charge in [0.1, 0.15) is 5.75 Å². The van der Waals surface area contributed by atoms with Crippen LogP contribution in [-0.2, 0) is 0 Å². The highest BCUT2D eigenvalue weighted by molar-refractivity contribution is 6.17. The molecule has 0 aromatic heterocycles. The van der Waals surface area contributed by atoms with E-state index in [4.69, 9.17) is 11.6 Å². The number of hydrogen-bond acceptors (Lipinski definition) is 3. The minimum Gasteiger partial charge on any atom is -0.508 e. The number of hydrogen-bond donors (Lipinski definition) is 3. The van der Waals surface area contributed by atoms with Crippen molar-refractivity contribution in [3.8, 4) is 5.75 Å². The van der Waals surface area contributed by atoms with E-state index in [0.717, 1.165) is 24.1 Å². The summed E-state index contributed by atoms with van der Waals surface area (Å²) in [5.74, 6) is 0.873. The van der Waals surface area contributed by atoms with Gasteiger partial charge in [-0.25, -0.2) is 0 Å². The first-order chi connectivity index (χ1) is 8.06. The lowest BCUT2D eigenvalue weighted by Crippen LogP contribution is -2.33. The number of phenols is 1. The molecule has 0 amide bonds. The number of rotatable bonds is 6. The van der Waals surface area contributed by atoms with Gasteiger partial charge in [-0.05, 0) is 50.1 Å². The first kappa shape index (κ1) is 14.3. The van der Waals surface area contributed by atoms with Crippen LogP contribution in [0, 0.1) is 6.92 Å². The van der Waals surface area contributed by atoms with Crippen LogP contribution in [0.15, 0.2) is 18.2 Å². The predicted molar refractivity (Wildman–Crippen MR) is 70.6 cm³/mol. The molecule has 2 unspecified atom stereocenters. The first-order valence-corrected chi connectivity index (χ1v) is 6.36. The number of benzene rings is 1. The second-order valence-corrected chi connectivity index (χ2v) is 4.65. The number of nitrogens with one attached hydrogen (secondary N) is 1. The fourth-order valence-electron chi connectivity index (χ4n) is 1.66. The molecule has 1 aromatic carbocycles. The summed E-state index contributed by atoms with van der Waals surface area (Å²) in [6.07, 6.45) is 0.303. The Morgan fingerprint density at radius 2 is 2.12 bits per heavy atom. The zero-order valence-electron chi connectivity index (χ0n) is 10.3. The Labute approximate surface area is 107 Å². The second-order valence-electron chi connectivity index (χ2n) is 4.28. The molecule has 3 nitrogen and oxygen atoms in total. The summed E-state index contributed by atoms with van der Waals surface area (Å²) in [4.78, 5) is 0. The average molecular weight is 258 g/mol. The van der Waals surface area contributed by atoms with Crippen LogP contribution in [0.5, 0.6) is 5.75 Å². The molecular weight excluding hydrogens is 238 g/mol. The first-order valence-electron chi connectivity index (χ1n) is 5.83. The van der Waals surface area contributed by atoms with Gasteiger partial charge in [-0.2, -0.15) is 0 Å². The summed E-state index contributed by atoms with van der Waals surface area (Å²) < 4.78 is 0. The molecule has 1 aromatic rings. The van der Waals surface area contributed by atoms with E-state index in [9.17, 15) is 10.2 Å². The SMILES string of the molecule is Cc1cc(C(O)C(C)NCCCCl)ccc1O. The molecule has 3 N–H and O–H groups in total. The van der Waals surface area contributed by atoms with E-state index in [0.29, 0.717) is 5.88 Å². The van der Waals surface area contributed by atoms with Crippen LogP contribution in [0.2, 0.25) is 0 Å². The molecule has 0 spiro atoms. The fraction of sp³-hybridized carbons (Fsp3) is 0.538. The lowest BCUT2D eigenvalue weighted by molar-refractivity contribution is 0.136. The van der Waals surface area contributed by atoms with Gasteiger partial charge in [-0.3, -0.25) is 0 Å². The quantitative estimate of drug-likeness (QED) is 0.542. The standard InChI is InChI=1S/C13H20ClNO2/c1-9-8-11(4-5-12(9)16)13(17)10(2)15-7-3-6-14/h4-5,8,10,13,15-17H,3,6-7H2,1-2H3. The van der Waals surface area contributed by atoms with E-state index in [1.54, 1.807) is 18.2 Å². The summed E-state index contributed by atoms with van der Waals surface area (Å²) in [5.41, 5.74) is 1.58. The van der Waals surface area contributed by atoms with Crippen molar-refractivity contribution in [1.82, 2.24) is 5.32 Å². The molecule has 2 atom stereocenters.